The van der Waals surface area contributed by atoms with E-state index in [0.29, 0.717) is 11.3 Å². The zero-order chi connectivity index (χ0) is 10.1. The van der Waals surface area contributed by atoms with Gasteiger partial charge in [-0.15, -0.1) is 0 Å². The standard InChI is InChI=1S/C11H19ClO/c1-8(2)11(3)6-4-5-9(7-11)10(12)13/h8-9H,4-7H2,1-3H3. The third-order valence-corrected chi connectivity index (χ3v) is 4.04. The minimum atomic E-state index is -0.133. The summed E-state index contributed by atoms with van der Waals surface area (Å²) < 4.78 is 0. The van der Waals surface area contributed by atoms with E-state index in [4.69, 9.17) is 11.6 Å². The van der Waals surface area contributed by atoms with Gasteiger partial charge in [-0.1, -0.05) is 27.2 Å². The van der Waals surface area contributed by atoms with Gasteiger partial charge in [0.2, 0.25) is 5.24 Å². The summed E-state index contributed by atoms with van der Waals surface area (Å²) in [5, 5.41) is -0.133. The molecule has 0 aliphatic heterocycles. The van der Waals surface area contributed by atoms with E-state index in [0.717, 1.165) is 19.3 Å². The average Bonchev–Trinajstić information content (AvgIpc) is 2.04. The molecule has 2 atom stereocenters. The first-order valence-electron chi connectivity index (χ1n) is 5.15. The van der Waals surface area contributed by atoms with Crippen LogP contribution in [-0.4, -0.2) is 5.24 Å². The van der Waals surface area contributed by atoms with E-state index in [9.17, 15) is 4.79 Å². The van der Waals surface area contributed by atoms with Crippen LogP contribution in [0, 0.1) is 17.3 Å². The SMILES string of the molecule is CC(C)C1(C)CCCC(C(=O)Cl)C1. The van der Waals surface area contributed by atoms with Crippen LogP contribution < -0.4 is 0 Å². The lowest BCUT2D eigenvalue weighted by molar-refractivity contribution is -0.117. The third kappa shape index (κ3) is 2.46. The number of carbonyl (C=O) groups is 1. The number of hydrogen-bond donors (Lipinski definition) is 0. The largest absolute Gasteiger partial charge is 0.281 e. The Bertz CT molecular complexity index is 200. The number of hydrogen-bond acceptors (Lipinski definition) is 1. The van der Waals surface area contributed by atoms with Gasteiger partial charge in [-0.2, -0.15) is 0 Å². The molecule has 1 saturated carbocycles. The molecule has 13 heavy (non-hydrogen) atoms. The van der Waals surface area contributed by atoms with Gasteiger partial charge in [0.25, 0.3) is 0 Å². The summed E-state index contributed by atoms with van der Waals surface area (Å²) in [5.74, 6) is 0.758. The van der Waals surface area contributed by atoms with Crippen LogP contribution in [0.3, 0.4) is 0 Å². The Balaban J connectivity index is 2.65. The van der Waals surface area contributed by atoms with E-state index < -0.39 is 0 Å². The van der Waals surface area contributed by atoms with Crippen LogP contribution in [0.1, 0.15) is 46.5 Å². The van der Waals surface area contributed by atoms with Crippen LogP contribution in [-0.2, 0) is 4.79 Å². The molecule has 1 rings (SSSR count). The zero-order valence-electron chi connectivity index (χ0n) is 8.77. The molecule has 2 unspecified atom stereocenters. The molecule has 0 N–H and O–H groups in total. The van der Waals surface area contributed by atoms with Crippen molar-refractivity contribution in [3.63, 3.8) is 0 Å². The van der Waals surface area contributed by atoms with E-state index >= 15 is 0 Å². The molecule has 0 radical (unpaired) electrons. The smallest absolute Gasteiger partial charge is 0.224 e. The minimum Gasteiger partial charge on any atom is -0.281 e. The topological polar surface area (TPSA) is 17.1 Å². The Hall–Kier alpha value is -0.0400. The van der Waals surface area contributed by atoms with Crippen molar-refractivity contribution in [3.8, 4) is 0 Å². The fourth-order valence-electron chi connectivity index (χ4n) is 2.24. The lowest BCUT2D eigenvalue weighted by Crippen LogP contribution is -2.32. The van der Waals surface area contributed by atoms with Gasteiger partial charge in [-0.3, -0.25) is 4.79 Å². The van der Waals surface area contributed by atoms with Crippen LogP contribution in [0.5, 0.6) is 0 Å². The molecule has 0 spiro atoms. The summed E-state index contributed by atoms with van der Waals surface area (Å²) in [5.41, 5.74) is 0.327. The maximum atomic E-state index is 11.1. The van der Waals surface area contributed by atoms with Crippen molar-refractivity contribution in [1.29, 1.82) is 0 Å². The molecule has 1 fully saturated rings. The first kappa shape index (κ1) is 11.0. The van der Waals surface area contributed by atoms with Crippen molar-refractivity contribution in [2.24, 2.45) is 17.3 Å². The summed E-state index contributed by atoms with van der Waals surface area (Å²) in [4.78, 5) is 11.1. The fraction of sp³-hybridized carbons (Fsp3) is 0.909. The predicted octanol–water partition coefficient (Wildman–Crippen LogP) is 3.60. The molecule has 0 aromatic rings. The van der Waals surface area contributed by atoms with Gasteiger partial charge in [0, 0.05) is 5.92 Å². The van der Waals surface area contributed by atoms with Gasteiger partial charge in [0.1, 0.15) is 0 Å². The predicted molar refractivity (Wildman–Crippen MR) is 55.8 cm³/mol. The number of carbonyl (C=O) groups excluding carboxylic acids is 1. The van der Waals surface area contributed by atoms with Gasteiger partial charge in [-0.05, 0) is 42.2 Å². The highest BCUT2D eigenvalue weighted by molar-refractivity contribution is 6.63. The van der Waals surface area contributed by atoms with Crippen molar-refractivity contribution < 1.29 is 4.79 Å². The summed E-state index contributed by atoms with van der Waals surface area (Å²) in [6.07, 6.45) is 4.36. The Kier molecular flexibility index (Phi) is 3.39. The molecular formula is C11H19ClO. The third-order valence-electron chi connectivity index (χ3n) is 3.73. The highest BCUT2D eigenvalue weighted by Crippen LogP contribution is 2.44. The summed E-state index contributed by atoms with van der Waals surface area (Å²) in [7, 11) is 0. The summed E-state index contributed by atoms with van der Waals surface area (Å²) >= 11 is 5.55. The molecule has 2 heteroatoms. The Labute approximate surface area is 85.8 Å². The highest BCUT2D eigenvalue weighted by atomic mass is 35.5. The first-order valence-corrected chi connectivity index (χ1v) is 5.53. The van der Waals surface area contributed by atoms with Crippen LogP contribution in [0.25, 0.3) is 0 Å². The van der Waals surface area contributed by atoms with Crippen molar-refractivity contribution >= 4 is 16.8 Å². The van der Waals surface area contributed by atoms with E-state index in [1.165, 1.54) is 6.42 Å². The van der Waals surface area contributed by atoms with Crippen molar-refractivity contribution in [2.75, 3.05) is 0 Å². The van der Waals surface area contributed by atoms with Gasteiger partial charge in [0.15, 0.2) is 0 Å². The van der Waals surface area contributed by atoms with Crippen LogP contribution in [0.15, 0.2) is 0 Å². The lowest BCUT2D eigenvalue weighted by atomic mass is 9.65. The minimum absolute atomic E-state index is 0.114. The molecule has 0 saturated heterocycles. The van der Waals surface area contributed by atoms with Crippen LogP contribution in [0.4, 0.5) is 0 Å². The van der Waals surface area contributed by atoms with Crippen LogP contribution >= 0.6 is 11.6 Å². The van der Waals surface area contributed by atoms with Gasteiger partial charge >= 0.3 is 0 Å². The lowest BCUT2D eigenvalue weighted by Gasteiger charge is -2.40. The molecule has 0 aromatic heterocycles. The molecule has 76 valence electrons. The van der Waals surface area contributed by atoms with Crippen molar-refractivity contribution in [1.82, 2.24) is 0 Å². The molecule has 0 aromatic carbocycles. The van der Waals surface area contributed by atoms with Crippen LogP contribution in [0.2, 0.25) is 0 Å². The van der Waals surface area contributed by atoms with Gasteiger partial charge < -0.3 is 0 Å². The second-order valence-corrected chi connectivity index (χ2v) is 5.28. The molecule has 0 bridgehead atoms. The molecule has 0 amide bonds. The molecule has 1 nitrogen and oxygen atoms in total. The maximum Gasteiger partial charge on any atom is 0.224 e. The number of rotatable bonds is 2. The van der Waals surface area contributed by atoms with E-state index in [2.05, 4.69) is 20.8 Å². The Morgan fingerprint density at radius 3 is 2.62 bits per heavy atom. The summed E-state index contributed by atoms with van der Waals surface area (Å²) in [6, 6.07) is 0. The average molecular weight is 203 g/mol. The van der Waals surface area contributed by atoms with E-state index in [1.54, 1.807) is 0 Å². The van der Waals surface area contributed by atoms with Crippen molar-refractivity contribution in [2.45, 2.75) is 46.5 Å². The Morgan fingerprint density at radius 2 is 2.15 bits per heavy atom. The van der Waals surface area contributed by atoms with Gasteiger partial charge in [0.05, 0.1) is 0 Å². The quantitative estimate of drug-likeness (QED) is 0.626. The monoisotopic (exact) mass is 202 g/mol. The normalized spacial score (nSPS) is 35.0. The van der Waals surface area contributed by atoms with E-state index in [1.807, 2.05) is 0 Å². The molecule has 0 heterocycles. The second kappa shape index (κ2) is 4.00. The first-order chi connectivity index (χ1) is 5.96. The fourth-order valence-corrected chi connectivity index (χ4v) is 2.42. The highest BCUT2D eigenvalue weighted by Gasteiger charge is 2.36. The van der Waals surface area contributed by atoms with Gasteiger partial charge in [-0.25, -0.2) is 0 Å². The number of halogens is 1. The molecule has 1 aliphatic carbocycles. The van der Waals surface area contributed by atoms with E-state index in [-0.39, 0.29) is 11.2 Å². The Morgan fingerprint density at radius 1 is 1.54 bits per heavy atom. The molecule has 1 aliphatic rings. The summed E-state index contributed by atoms with van der Waals surface area (Å²) in [6.45, 7) is 6.76. The zero-order valence-corrected chi connectivity index (χ0v) is 9.53. The second-order valence-electron chi connectivity index (χ2n) is 4.91. The molecular weight excluding hydrogens is 184 g/mol. The van der Waals surface area contributed by atoms with Crippen molar-refractivity contribution in [3.05, 3.63) is 0 Å². The maximum absolute atomic E-state index is 11.1.